The molecule has 20 nitrogen and oxygen atoms in total. The molecule has 6 aromatic rings. The molecule has 6 aliphatic rings. The van der Waals surface area contributed by atoms with E-state index >= 15 is 0 Å². The summed E-state index contributed by atoms with van der Waals surface area (Å²) in [5.74, 6) is 4.71. The number of ether oxygens (including phenoxy) is 4. The lowest BCUT2D eigenvalue weighted by molar-refractivity contribution is -0.120. The normalized spacial score (nSPS) is 20.2. The van der Waals surface area contributed by atoms with Gasteiger partial charge in [0.1, 0.15) is 50.4 Å². The maximum absolute atomic E-state index is 12.2. The van der Waals surface area contributed by atoms with Crippen molar-refractivity contribution in [3.05, 3.63) is 106 Å². The molecule has 0 spiro atoms. The van der Waals surface area contributed by atoms with Crippen molar-refractivity contribution in [2.24, 2.45) is 11.8 Å². The summed E-state index contributed by atoms with van der Waals surface area (Å²) in [6.45, 7) is 14.3. The molecule has 4 fully saturated rings. The number of rotatable bonds is 20. The van der Waals surface area contributed by atoms with E-state index in [1.165, 1.54) is 5.69 Å². The molecule has 12 rings (SSSR count). The van der Waals surface area contributed by atoms with Crippen LogP contribution >= 0.6 is 39.1 Å². The Balaban J connectivity index is 0.000000150. The molecular weight excluding hydrogens is 1160 g/mol. The highest BCUT2D eigenvalue weighted by Gasteiger charge is 2.34. The van der Waals surface area contributed by atoms with Crippen LogP contribution in [0.25, 0.3) is 0 Å². The van der Waals surface area contributed by atoms with Gasteiger partial charge in [0.2, 0.25) is 0 Å². The molecule has 83 heavy (non-hydrogen) atoms. The van der Waals surface area contributed by atoms with Crippen LogP contribution in [-0.2, 0) is 37.3 Å². The first-order valence-corrected chi connectivity index (χ1v) is 30.3. The molecule has 4 aromatic heterocycles. The number of carbonyl (C=O) groups is 2. The van der Waals surface area contributed by atoms with Crippen molar-refractivity contribution >= 4 is 85.1 Å². The van der Waals surface area contributed by atoms with Gasteiger partial charge in [-0.15, -0.1) is 0 Å². The van der Waals surface area contributed by atoms with E-state index in [0.29, 0.717) is 69.5 Å². The zero-order chi connectivity index (χ0) is 58.5. The van der Waals surface area contributed by atoms with Crippen molar-refractivity contribution in [1.82, 2.24) is 39.3 Å². The number of nitrogen functional groups attached to an aromatic ring is 1. The van der Waals surface area contributed by atoms with E-state index in [-0.39, 0.29) is 40.2 Å². The van der Waals surface area contributed by atoms with E-state index in [0.717, 1.165) is 125 Å². The summed E-state index contributed by atoms with van der Waals surface area (Å²) in [4.78, 5) is 41.7. The number of ketones is 2. The van der Waals surface area contributed by atoms with Crippen LogP contribution in [-0.4, -0.2) is 143 Å². The zero-order valence-electron chi connectivity index (χ0n) is 48.4. The number of carbonyl (C=O) groups excluding carboxylic acids is 2. The lowest BCUT2D eigenvalue weighted by Crippen LogP contribution is -2.39. The summed E-state index contributed by atoms with van der Waals surface area (Å²) in [7, 11) is 7.41. The van der Waals surface area contributed by atoms with Crippen LogP contribution in [0.5, 0.6) is 23.0 Å². The fraction of sp³-hybridized carbons (Fsp3) is 0.500. The lowest BCUT2D eigenvalue weighted by atomic mass is 9.91. The van der Waals surface area contributed by atoms with E-state index in [1.807, 2.05) is 72.6 Å². The van der Waals surface area contributed by atoms with Gasteiger partial charge >= 0.3 is 0 Å². The highest BCUT2D eigenvalue weighted by Crippen LogP contribution is 2.48. The van der Waals surface area contributed by atoms with Crippen molar-refractivity contribution in [1.29, 1.82) is 0 Å². The van der Waals surface area contributed by atoms with Gasteiger partial charge < -0.3 is 50.4 Å². The number of hydrogen-bond donors (Lipinski definition) is 4. The Morgan fingerprint density at radius 2 is 1.24 bits per heavy atom. The lowest BCUT2D eigenvalue weighted by Gasteiger charge is -2.23. The summed E-state index contributed by atoms with van der Waals surface area (Å²) in [6, 6.07) is 19.6. The van der Waals surface area contributed by atoms with Gasteiger partial charge in [0.05, 0.1) is 59.4 Å². The molecule has 23 heteroatoms. The molecule has 4 atom stereocenters. The number of alkyl halides is 1. The molecule has 8 heterocycles. The highest BCUT2D eigenvalue weighted by molar-refractivity contribution is 9.09. The minimum absolute atomic E-state index is 0.00351. The van der Waals surface area contributed by atoms with E-state index < -0.39 is 0 Å². The smallest absolute Gasteiger partial charge is 0.177 e. The number of likely N-dealkylation sites (tertiary alicyclic amines) is 2. The minimum Gasteiger partial charge on any atom is -0.456 e. The van der Waals surface area contributed by atoms with Gasteiger partial charge in [-0.25, -0.2) is 0 Å². The van der Waals surface area contributed by atoms with Crippen LogP contribution in [0.4, 0.5) is 34.4 Å². The van der Waals surface area contributed by atoms with Gasteiger partial charge in [0.25, 0.3) is 0 Å². The van der Waals surface area contributed by atoms with E-state index in [9.17, 15) is 9.59 Å². The van der Waals surface area contributed by atoms with Crippen molar-refractivity contribution in [2.45, 2.75) is 101 Å². The maximum Gasteiger partial charge on any atom is 0.177 e. The third-order valence-electron chi connectivity index (χ3n) is 15.8. The highest BCUT2D eigenvalue weighted by atomic mass is 79.9. The van der Waals surface area contributed by atoms with Crippen molar-refractivity contribution in [2.75, 3.05) is 112 Å². The molecule has 0 bridgehead atoms. The Kier molecular flexibility index (Phi) is 19.0. The van der Waals surface area contributed by atoms with Gasteiger partial charge in [-0.05, 0) is 90.9 Å². The Morgan fingerprint density at radius 3 is 1.78 bits per heavy atom. The molecule has 4 aliphatic heterocycles. The Morgan fingerprint density at radius 1 is 0.711 bits per heavy atom. The number of pyridine rings is 2. The molecule has 5 N–H and O–H groups in total. The molecule has 0 amide bonds. The molecule has 2 aromatic carbocycles. The summed E-state index contributed by atoms with van der Waals surface area (Å²) in [5.41, 5.74) is 12.2. The first-order valence-electron chi connectivity index (χ1n) is 28.6. The fourth-order valence-corrected chi connectivity index (χ4v) is 12.0. The third-order valence-corrected chi connectivity index (χ3v) is 17.4. The minimum atomic E-state index is -0.223. The summed E-state index contributed by atoms with van der Waals surface area (Å²) in [5, 5.41) is 20.6. The maximum atomic E-state index is 12.2. The van der Waals surface area contributed by atoms with E-state index in [2.05, 4.69) is 86.9 Å². The van der Waals surface area contributed by atoms with Crippen LogP contribution < -0.4 is 41.0 Å². The van der Waals surface area contributed by atoms with Gasteiger partial charge in [-0.3, -0.25) is 38.7 Å². The predicted octanol–water partition coefficient (Wildman–Crippen LogP) is 10.6. The van der Waals surface area contributed by atoms with Crippen molar-refractivity contribution in [3.63, 3.8) is 0 Å². The van der Waals surface area contributed by atoms with Gasteiger partial charge in [-0.1, -0.05) is 44.0 Å². The van der Waals surface area contributed by atoms with E-state index in [4.69, 9.17) is 53.0 Å². The van der Waals surface area contributed by atoms with Gasteiger partial charge in [-0.2, -0.15) is 10.2 Å². The molecule has 2 aliphatic carbocycles. The SMILES string of the molecule is CN1c2c(ccc(Oc3ccnc(CC(=O)C4CC4)c3)c2Cl)NC1Br.COCCN1CC[C@@H](n2ccc(NC3Nc4ccc(Oc5ccnc(CC(=O)C6CC6)c5)c(Cl)c4N3C)n2)C1.COCCN1CC[C@@H](n2nc(N)cc2C(C)(C)C)C1. The molecule has 2 unspecified atom stereocenters. The van der Waals surface area contributed by atoms with Crippen LogP contribution in [0.15, 0.2) is 79.3 Å². The van der Waals surface area contributed by atoms with Crippen molar-refractivity contribution < 1.29 is 28.5 Å². The monoisotopic (exact) mass is 1240 g/mol. The average Bonchev–Trinajstić information content (AvgIpc) is 4.15. The number of methoxy groups -OCH3 is 2. The number of nitrogens with zero attached hydrogens (tertiary/aromatic N) is 10. The Hall–Kier alpha value is -6.20. The average molecular weight is 1240 g/mol. The standard InChI is InChI=1S/C28H34ClN7O3.C18H17BrClN3O2.C14H26N4O/c1-34-27-22(31-28(34)32-25-9-12-36(33-25)20-8-11-35(17-20)13-14-38-2)5-6-24(26(27)29)39-21-7-10-30-19(15-21)16-23(37)18-3-4-18;1-23-17-13(22-18(23)19)4-5-15(16(17)20)25-12-6-7-21-11(8-12)9-14(24)10-2-3-10;1-14(2,3)12-9-13(15)16-18(12)11-5-6-17(10-11)7-8-19-4/h5-7,9-10,12,15,18,20,28,31H,3-4,8,11,13-14,16-17H2,1-2H3,(H,32,33);4-8,10,18,22H,2-3,9H2,1H3;9,11H,5-8,10H2,1-4H3,(H2,15,16)/t20-,28?;;11-/m1.1/s1. The van der Waals surface area contributed by atoms with Crippen molar-refractivity contribution in [3.8, 4) is 23.0 Å². The van der Waals surface area contributed by atoms with Gasteiger partial charge in [0.15, 0.2) is 17.2 Å². The zero-order valence-corrected chi connectivity index (χ0v) is 51.5. The molecular formula is C60H77BrCl2N14O6. The number of halogens is 3. The topological polar surface area (TPSA) is 208 Å². The first kappa shape index (κ1) is 59.9. The molecule has 444 valence electrons. The molecule has 2 saturated carbocycles. The van der Waals surface area contributed by atoms with Crippen LogP contribution in [0.2, 0.25) is 10.0 Å². The number of fused-ring (bicyclic) bond motifs is 2. The third kappa shape index (κ3) is 14.8. The second-order valence-corrected chi connectivity index (χ2v) is 24.9. The number of Topliss-reactive ketones (excluding diaryl/α,β-unsaturated/α-hetero) is 2. The van der Waals surface area contributed by atoms with Crippen LogP contribution in [0.3, 0.4) is 0 Å². The number of benzene rings is 2. The number of hydrogen-bond acceptors (Lipinski definition) is 18. The number of anilines is 6. The Labute approximate surface area is 504 Å². The second-order valence-electron chi connectivity index (χ2n) is 23.2. The van der Waals surface area contributed by atoms with E-state index in [1.54, 1.807) is 44.8 Å². The predicted molar refractivity (Wildman–Crippen MR) is 330 cm³/mol. The number of nitrogens with one attached hydrogen (secondary N) is 3. The fourth-order valence-electron chi connectivity index (χ4n) is 10.9. The Bertz CT molecular complexity index is 3240. The van der Waals surface area contributed by atoms with Crippen LogP contribution in [0.1, 0.15) is 88.5 Å². The summed E-state index contributed by atoms with van der Waals surface area (Å²) in [6.07, 6.45) is 12.1. The summed E-state index contributed by atoms with van der Waals surface area (Å²) >= 11 is 16.9. The van der Waals surface area contributed by atoms with Gasteiger partial charge in [0, 0.05) is 146 Å². The summed E-state index contributed by atoms with van der Waals surface area (Å²) < 4.78 is 26.7. The largest absolute Gasteiger partial charge is 0.456 e. The molecule has 0 radical (unpaired) electrons. The number of nitrogens with two attached hydrogens (primary N) is 1. The second kappa shape index (κ2) is 26.4. The molecule has 2 saturated heterocycles. The van der Waals surface area contributed by atoms with Crippen LogP contribution in [0, 0.1) is 11.8 Å². The quantitative estimate of drug-likeness (QED) is 0.0414. The number of aromatic nitrogens is 6. The first-order chi connectivity index (χ1) is 39.9.